The molecule has 0 unspecified atom stereocenters. The topological polar surface area (TPSA) is 76.7 Å². The highest BCUT2D eigenvalue weighted by Gasteiger charge is 2.04. The van der Waals surface area contributed by atoms with E-state index >= 15 is 0 Å². The van der Waals surface area contributed by atoms with E-state index in [-0.39, 0.29) is 11.8 Å². The van der Waals surface area contributed by atoms with E-state index in [9.17, 15) is 9.59 Å². The summed E-state index contributed by atoms with van der Waals surface area (Å²) in [6.45, 7) is 1.79. The Morgan fingerprint density at radius 1 is 0.923 bits per heavy atom. The summed E-state index contributed by atoms with van der Waals surface area (Å²) in [6.07, 6.45) is 3.54. The molecule has 0 spiro atoms. The van der Waals surface area contributed by atoms with Gasteiger partial charge in [-0.3, -0.25) is 9.59 Å². The molecule has 0 saturated heterocycles. The van der Waals surface area contributed by atoms with Crippen molar-refractivity contribution in [1.82, 2.24) is 0 Å². The van der Waals surface area contributed by atoms with Crippen LogP contribution in [0.2, 0.25) is 0 Å². The molecule has 6 heteroatoms. The lowest BCUT2D eigenvalue weighted by atomic mass is 10.2. The molecule has 2 aromatic carbocycles. The van der Waals surface area contributed by atoms with Crippen LogP contribution < -0.4 is 20.1 Å². The molecule has 2 N–H and O–H groups in total. The average molecular weight is 354 g/mol. The van der Waals surface area contributed by atoms with E-state index in [1.165, 1.54) is 6.08 Å². The molecule has 0 bridgehead atoms. The molecule has 0 atom stereocenters. The number of amides is 2. The Kier molecular flexibility index (Phi) is 6.79. The van der Waals surface area contributed by atoms with E-state index in [1.54, 1.807) is 63.6 Å². The van der Waals surface area contributed by atoms with E-state index in [4.69, 9.17) is 9.47 Å². The summed E-state index contributed by atoms with van der Waals surface area (Å²) in [4.78, 5) is 23.4. The minimum absolute atomic E-state index is 0.0559. The summed E-state index contributed by atoms with van der Waals surface area (Å²) in [5.74, 6) is 0.911. The first-order valence-electron chi connectivity index (χ1n) is 8.16. The van der Waals surface area contributed by atoms with Crippen LogP contribution in [0, 0.1) is 0 Å². The minimum atomic E-state index is -0.259. The van der Waals surface area contributed by atoms with E-state index in [2.05, 4.69) is 10.6 Å². The van der Waals surface area contributed by atoms with Gasteiger partial charge in [-0.1, -0.05) is 13.0 Å². The highest BCUT2D eigenvalue weighted by atomic mass is 16.5. The maximum atomic E-state index is 12.0. The number of carbonyl (C=O) groups excluding carboxylic acids is 2. The Hall–Kier alpha value is -3.28. The monoisotopic (exact) mass is 354 g/mol. The molecular weight excluding hydrogens is 332 g/mol. The zero-order valence-electron chi connectivity index (χ0n) is 15.0. The lowest BCUT2D eigenvalue weighted by molar-refractivity contribution is -0.116. The molecular formula is C20H22N2O4. The zero-order valence-corrected chi connectivity index (χ0v) is 15.0. The molecule has 2 aromatic rings. The van der Waals surface area contributed by atoms with Crippen LogP contribution in [0.1, 0.15) is 18.9 Å². The van der Waals surface area contributed by atoms with Crippen LogP contribution in [-0.2, 0) is 9.59 Å². The molecule has 0 fully saturated rings. The van der Waals surface area contributed by atoms with Crippen LogP contribution in [0.3, 0.4) is 0 Å². The van der Waals surface area contributed by atoms with Crippen molar-refractivity contribution in [2.24, 2.45) is 0 Å². The van der Waals surface area contributed by atoms with E-state index < -0.39 is 0 Å². The second kappa shape index (κ2) is 9.27. The predicted octanol–water partition coefficient (Wildman–Crippen LogP) is 3.70. The van der Waals surface area contributed by atoms with Crippen LogP contribution in [0.4, 0.5) is 11.4 Å². The number of hydrogen-bond acceptors (Lipinski definition) is 4. The number of methoxy groups -OCH3 is 2. The van der Waals surface area contributed by atoms with E-state index in [1.807, 2.05) is 6.07 Å². The molecule has 136 valence electrons. The first kappa shape index (κ1) is 19.1. The number of benzene rings is 2. The Bertz CT molecular complexity index is 798. The van der Waals surface area contributed by atoms with Gasteiger partial charge in [-0.05, 0) is 48.0 Å². The van der Waals surface area contributed by atoms with Crippen molar-refractivity contribution >= 4 is 29.3 Å². The highest BCUT2D eigenvalue weighted by molar-refractivity contribution is 6.02. The zero-order chi connectivity index (χ0) is 18.9. The van der Waals surface area contributed by atoms with Crippen LogP contribution in [0.15, 0.2) is 48.5 Å². The molecule has 0 saturated carbocycles. The Balaban J connectivity index is 1.97. The normalized spacial score (nSPS) is 10.4. The lowest BCUT2D eigenvalue weighted by Gasteiger charge is -2.08. The summed E-state index contributed by atoms with van der Waals surface area (Å²) < 4.78 is 10.4. The van der Waals surface area contributed by atoms with Crippen LogP contribution in [0.5, 0.6) is 11.5 Å². The van der Waals surface area contributed by atoms with Gasteiger partial charge in [-0.15, -0.1) is 0 Å². The number of nitrogens with one attached hydrogen (secondary N) is 2. The SMILES string of the molecule is CCC(=O)Nc1ccc(NC(=O)/C=C/c2ccc(OC)c(OC)c2)cc1. The molecule has 0 aliphatic carbocycles. The van der Waals surface area contributed by atoms with Crippen LogP contribution in [0.25, 0.3) is 6.08 Å². The second-order valence-electron chi connectivity index (χ2n) is 5.42. The molecule has 26 heavy (non-hydrogen) atoms. The molecule has 0 heterocycles. The molecule has 0 aliphatic heterocycles. The third-order valence-corrected chi connectivity index (χ3v) is 3.59. The van der Waals surface area contributed by atoms with Crippen molar-refractivity contribution in [2.45, 2.75) is 13.3 Å². The first-order valence-corrected chi connectivity index (χ1v) is 8.16. The summed E-state index contributed by atoms with van der Waals surface area (Å²) in [5.41, 5.74) is 2.15. The fourth-order valence-electron chi connectivity index (χ4n) is 2.20. The Morgan fingerprint density at radius 3 is 2.12 bits per heavy atom. The van der Waals surface area contributed by atoms with Gasteiger partial charge >= 0.3 is 0 Å². The maximum Gasteiger partial charge on any atom is 0.248 e. The predicted molar refractivity (Wildman–Crippen MR) is 103 cm³/mol. The van der Waals surface area contributed by atoms with Gasteiger partial charge in [0.25, 0.3) is 0 Å². The fraction of sp³-hybridized carbons (Fsp3) is 0.200. The number of carbonyl (C=O) groups is 2. The van der Waals surface area contributed by atoms with Crippen LogP contribution in [-0.4, -0.2) is 26.0 Å². The largest absolute Gasteiger partial charge is 0.493 e. The van der Waals surface area contributed by atoms with Crippen molar-refractivity contribution in [3.63, 3.8) is 0 Å². The lowest BCUT2D eigenvalue weighted by Crippen LogP contribution is -2.10. The van der Waals surface area contributed by atoms with Gasteiger partial charge in [0, 0.05) is 23.9 Å². The molecule has 0 radical (unpaired) electrons. The van der Waals surface area contributed by atoms with Crippen LogP contribution >= 0.6 is 0 Å². The van der Waals surface area contributed by atoms with E-state index in [0.29, 0.717) is 29.3 Å². The van der Waals surface area contributed by atoms with Gasteiger partial charge in [0.15, 0.2) is 11.5 Å². The summed E-state index contributed by atoms with van der Waals surface area (Å²) >= 11 is 0. The number of rotatable bonds is 7. The summed E-state index contributed by atoms with van der Waals surface area (Å²) in [7, 11) is 3.13. The van der Waals surface area contributed by atoms with Gasteiger partial charge in [-0.2, -0.15) is 0 Å². The highest BCUT2D eigenvalue weighted by Crippen LogP contribution is 2.28. The molecule has 2 amide bonds. The van der Waals surface area contributed by atoms with Gasteiger partial charge in [0.2, 0.25) is 11.8 Å². The number of ether oxygens (including phenoxy) is 2. The van der Waals surface area contributed by atoms with Gasteiger partial charge in [0.1, 0.15) is 0 Å². The van der Waals surface area contributed by atoms with Crippen molar-refractivity contribution < 1.29 is 19.1 Å². The molecule has 6 nitrogen and oxygen atoms in total. The summed E-state index contributed by atoms with van der Waals surface area (Å²) in [5, 5.41) is 5.51. The van der Waals surface area contributed by atoms with E-state index in [0.717, 1.165) is 5.56 Å². The van der Waals surface area contributed by atoms with Gasteiger partial charge < -0.3 is 20.1 Å². The Morgan fingerprint density at radius 2 is 1.54 bits per heavy atom. The third-order valence-electron chi connectivity index (χ3n) is 3.59. The Labute approximate surface area is 152 Å². The van der Waals surface area contributed by atoms with Gasteiger partial charge in [0.05, 0.1) is 14.2 Å². The quantitative estimate of drug-likeness (QED) is 0.743. The smallest absolute Gasteiger partial charge is 0.248 e. The number of hydrogen-bond donors (Lipinski definition) is 2. The van der Waals surface area contributed by atoms with Crippen molar-refractivity contribution in [2.75, 3.05) is 24.9 Å². The summed E-state index contributed by atoms with van der Waals surface area (Å²) in [6, 6.07) is 12.3. The standard InChI is InChI=1S/C20H22N2O4/c1-4-19(23)21-15-7-9-16(10-8-15)22-20(24)12-6-14-5-11-17(25-2)18(13-14)26-3/h5-13H,4H2,1-3H3,(H,21,23)(H,22,24)/b12-6+. The third kappa shape index (κ3) is 5.37. The number of anilines is 2. The van der Waals surface area contributed by atoms with Crippen molar-refractivity contribution in [3.05, 3.63) is 54.1 Å². The molecule has 0 aromatic heterocycles. The molecule has 0 aliphatic rings. The van der Waals surface area contributed by atoms with Crippen molar-refractivity contribution in [3.8, 4) is 11.5 Å². The first-order chi connectivity index (χ1) is 12.5. The average Bonchev–Trinajstić information content (AvgIpc) is 2.67. The van der Waals surface area contributed by atoms with Gasteiger partial charge in [-0.25, -0.2) is 0 Å². The minimum Gasteiger partial charge on any atom is -0.493 e. The van der Waals surface area contributed by atoms with Crippen molar-refractivity contribution in [1.29, 1.82) is 0 Å². The maximum absolute atomic E-state index is 12.0. The fourth-order valence-corrected chi connectivity index (χ4v) is 2.20. The molecule has 2 rings (SSSR count). The second-order valence-corrected chi connectivity index (χ2v) is 5.42.